The molecule has 0 spiro atoms. The maximum atomic E-state index is 12.1. The van der Waals surface area contributed by atoms with Crippen LogP contribution in [0.5, 0.6) is 11.5 Å². The molecule has 0 aliphatic rings. The van der Waals surface area contributed by atoms with Crippen molar-refractivity contribution in [2.45, 2.75) is 6.42 Å². The van der Waals surface area contributed by atoms with Crippen LogP contribution in [0, 0.1) is 0 Å². The van der Waals surface area contributed by atoms with Crippen LogP contribution in [0.1, 0.15) is 5.56 Å². The maximum absolute atomic E-state index is 12.1. The number of nitrogens with one attached hydrogen (secondary N) is 2. The highest BCUT2D eigenvalue weighted by Crippen LogP contribution is 2.29. The summed E-state index contributed by atoms with van der Waals surface area (Å²) < 4.78 is 12.4. The number of carbonyl (C=O) groups excluding carboxylic acids is 1. The molecule has 2 amide bonds. The summed E-state index contributed by atoms with van der Waals surface area (Å²) in [6, 6.07) is 8.92. The minimum absolute atomic E-state index is 0.268. The van der Waals surface area contributed by atoms with Gasteiger partial charge in [-0.15, -0.1) is 0 Å². The number of aromatic nitrogens is 2. The molecular formula is C19H22N4O3. The van der Waals surface area contributed by atoms with Crippen molar-refractivity contribution in [2.24, 2.45) is 7.05 Å². The Balaban J connectivity index is 1.57. The van der Waals surface area contributed by atoms with Gasteiger partial charge in [0.25, 0.3) is 0 Å². The van der Waals surface area contributed by atoms with Crippen molar-refractivity contribution in [3.05, 3.63) is 48.3 Å². The number of hydrogen-bond donors (Lipinski definition) is 2. The second kappa shape index (κ2) is 7.77. The van der Waals surface area contributed by atoms with Crippen LogP contribution in [0.3, 0.4) is 0 Å². The van der Waals surface area contributed by atoms with Crippen molar-refractivity contribution in [1.82, 2.24) is 14.9 Å². The zero-order chi connectivity index (χ0) is 18.5. The molecule has 0 radical (unpaired) electrons. The number of urea groups is 1. The molecule has 0 saturated carbocycles. The van der Waals surface area contributed by atoms with E-state index in [1.807, 2.05) is 29.9 Å². The van der Waals surface area contributed by atoms with Gasteiger partial charge in [-0.05, 0) is 36.2 Å². The number of methoxy groups -OCH3 is 2. The maximum Gasteiger partial charge on any atom is 0.319 e. The molecule has 2 aromatic heterocycles. The molecule has 2 N–H and O–H groups in total. The summed E-state index contributed by atoms with van der Waals surface area (Å²) >= 11 is 0. The van der Waals surface area contributed by atoms with Gasteiger partial charge in [0.15, 0.2) is 11.5 Å². The molecule has 2 heterocycles. The predicted molar refractivity (Wildman–Crippen MR) is 101 cm³/mol. The highest BCUT2D eigenvalue weighted by atomic mass is 16.5. The van der Waals surface area contributed by atoms with E-state index in [0.29, 0.717) is 23.7 Å². The van der Waals surface area contributed by atoms with E-state index in [1.165, 1.54) is 0 Å². The number of aryl methyl sites for hydroxylation is 1. The first-order valence-corrected chi connectivity index (χ1v) is 8.28. The summed E-state index contributed by atoms with van der Waals surface area (Å²) in [6.07, 6.45) is 4.55. The van der Waals surface area contributed by atoms with Gasteiger partial charge in [0.2, 0.25) is 0 Å². The first-order valence-electron chi connectivity index (χ1n) is 8.28. The van der Waals surface area contributed by atoms with Crippen molar-refractivity contribution in [1.29, 1.82) is 0 Å². The van der Waals surface area contributed by atoms with Crippen molar-refractivity contribution < 1.29 is 14.3 Å². The molecule has 1 aromatic carbocycles. The van der Waals surface area contributed by atoms with Crippen LogP contribution in [-0.2, 0) is 13.5 Å². The molecule has 0 bridgehead atoms. The lowest BCUT2D eigenvalue weighted by molar-refractivity contribution is 0.252. The van der Waals surface area contributed by atoms with Crippen LogP contribution >= 0.6 is 0 Å². The molecule has 7 heteroatoms. The lowest BCUT2D eigenvalue weighted by Gasteiger charge is -2.11. The van der Waals surface area contributed by atoms with Gasteiger partial charge in [-0.1, -0.05) is 0 Å². The third-order valence-electron chi connectivity index (χ3n) is 4.14. The topological polar surface area (TPSA) is 77.4 Å². The van der Waals surface area contributed by atoms with Crippen LogP contribution in [0.4, 0.5) is 10.5 Å². The van der Waals surface area contributed by atoms with Gasteiger partial charge in [-0.2, -0.15) is 0 Å². The lowest BCUT2D eigenvalue weighted by Crippen LogP contribution is -2.30. The molecule has 0 unspecified atom stereocenters. The summed E-state index contributed by atoms with van der Waals surface area (Å²) in [5.41, 5.74) is 2.73. The van der Waals surface area contributed by atoms with E-state index < -0.39 is 0 Å². The number of anilines is 1. The Hall–Kier alpha value is -3.22. The van der Waals surface area contributed by atoms with Gasteiger partial charge in [0, 0.05) is 43.1 Å². The minimum atomic E-state index is -0.268. The summed E-state index contributed by atoms with van der Waals surface area (Å²) in [5, 5.41) is 6.77. The Morgan fingerprint density at radius 2 is 2.00 bits per heavy atom. The van der Waals surface area contributed by atoms with Crippen LogP contribution in [0.2, 0.25) is 0 Å². The first-order chi connectivity index (χ1) is 12.6. The summed E-state index contributed by atoms with van der Waals surface area (Å²) in [5.74, 6) is 1.18. The fourth-order valence-electron chi connectivity index (χ4n) is 2.89. The largest absolute Gasteiger partial charge is 0.493 e. The number of carbonyl (C=O) groups is 1. The monoisotopic (exact) mass is 354 g/mol. The third kappa shape index (κ3) is 3.72. The number of ether oxygens (including phenoxy) is 2. The summed E-state index contributed by atoms with van der Waals surface area (Å²) in [7, 11) is 5.09. The standard InChI is InChI=1S/C19H22N4O3/c1-23-12-13(15-5-4-9-20-18(15)23)8-10-21-19(24)22-14-6-7-16(25-2)17(11-14)26-3/h4-7,9,11-12H,8,10H2,1-3H3,(H2,21,22,24). The Kier molecular flexibility index (Phi) is 5.26. The van der Waals surface area contributed by atoms with Crippen LogP contribution < -0.4 is 20.1 Å². The molecule has 0 saturated heterocycles. The Morgan fingerprint density at radius 1 is 1.19 bits per heavy atom. The molecule has 0 fully saturated rings. The van der Waals surface area contributed by atoms with E-state index in [1.54, 1.807) is 38.6 Å². The molecule has 3 aromatic rings. The van der Waals surface area contributed by atoms with Gasteiger partial charge in [0.1, 0.15) is 5.65 Å². The first kappa shape index (κ1) is 17.6. The van der Waals surface area contributed by atoms with Crippen LogP contribution in [0.15, 0.2) is 42.7 Å². The van der Waals surface area contributed by atoms with Crippen molar-refractivity contribution in [3.63, 3.8) is 0 Å². The number of amides is 2. The summed E-state index contributed by atoms with van der Waals surface area (Å²) in [4.78, 5) is 16.5. The second-order valence-corrected chi connectivity index (χ2v) is 5.84. The van der Waals surface area contributed by atoms with E-state index in [4.69, 9.17) is 9.47 Å². The SMILES string of the molecule is COc1ccc(NC(=O)NCCc2cn(C)c3ncccc23)cc1OC. The minimum Gasteiger partial charge on any atom is -0.493 e. The van der Waals surface area contributed by atoms with Gasteiger partial charge in [-0.3, -0.25) is 0 Å². The van der Waals surface area contributed by atoms with Gasteiger partial charge in [-0.25, -0.2) is 9.78 Å². The number of pyridine rings is 1. The Bertz CT molecular complexity index is 920. The van der Waals surface area contributed by atoms with E-state index in [0.717, 1.165) is 23.0 Å². The number of fused-ring (bicyclic) bond motifs is 1. The zero-order valence-electron chi connectivity index (χ0n) is 15.1. The van der Waals surface area contributed by atoms with Crippen LogP contribution in [-0.4, -0.2) is 36.3 Å². The molecular weight excluding hydrogens is 332 g/mol. The molecule has 3 rings (SSSR count). The highest BCUT2D eigenvalue weighted by molar-refractivity contribution is 5.89. The van der Waals surface area contributed by atoms with Crippen molar-refractivity contribution >= 4 is 22.8 Å². The molecule has 0 atom stereocenters. The van der Waals surface area contributed by atoms with Crippen LogP contribution in [0.25, 0.3) is 11.0 Å². The molecule has 136 valence electrons. The fourth-order valence-corrected chi connectivity index (χ4v) is 2.89. The average Bonchev–Trinajstić information content (AvgIpc) is 2.98. The lowest BCUT2D eigenvalue weighted by atomic mass is 10.1. The normalized spacial score (nSPS) is 10.6. The molecule has 26 heavy (non-hydrogen) atoms. The third-order valence-corrected chi connectivity index (χ3v) is 4.14. The number of rotatable bonds is 6. The average molecular weight is 354 g/mol. The van der Waals surface area contributed by atoms with E-state index >= 15 is 0 Å². The van der Waals surface area contributed by atoms with E-state index in [2.05, 4.69) is 15.6 Å². The molecule has 7 nitrogen and oxygen atoms in total. The van der Waals surface area contributed by atoms with Gasteiger partial charge < -0.3 is 24.7 Å². The van der Waals surface area contributed by atoms with E-state index in [9.17, 15) is 4.79 Å². The predicted octanol–water partition coefficient (Wildman–Crippen LogP) is 2.95. The van der Waals surface area contributed by atoms with Crippen molar-refractivity contribution in [3.8, 4) is 11.5 Å². The fraction of sp³-hybridized carbons (Fsp3) is 0.263. The zero-order valence-corrected chi connectivity index (χ0v) is 15.1. The molecule has 0 aliphatic carbocycles. The van der Waals surface area contributed by atoms with Gasteiger partial charge in [0.05, 0.1) is 14.2 Å². The number of nitrogens with zero attached hydrogens (tertiary/aromatic N) is 2. The Labute approximate surface area is 151 Å². The second-order valence-electron chi connectivity index (χ2n) is 5.84. The Morgan fingerprint density at radius 3 is 2.77 bits per heavy atom. The number of benzene rings is 1. The summed E-state index contributed by atoms with van der Waals surface area (Å²) in [6.45, 7) is 0.521. The number of hydrogen-bond acceptors (Lipinski definition) is 4. The highest BCUT2D eigenvalue weighted by Gasteiger charge is 2.09. The molecule has 0 aliphatic heterocycles. The quantitative estimate of drug-likeness (QED) is 0.713. The van der Waals surface area contributed by atoms with Crippen molar-refractivity contribution in [2.75, 3.05) is 26.1 Å². The van der Waals surface area contributed by atoms with E-state index in [-0.39, 0.29) is 6.03 Å². The van der Waals surface area contributed by atoms with Gasteiger partial charge >= 0.3 is 6.03 Å². The smallest absolute Gasteiger partial charge is 0.319 e.